The van der Waals surface area contributed by atoms with E-state index in [-0.39, 0.29) is 17.0 Å². The van der Waals surface area contributed by atoms with Crippen LogP contribution in [0.15, 0.2) is 24.3 Å². The molecule has 3 aliphatic carbocycles. The van der Waals surface area contributed by atoms with Gasteiger partial charge in [0.25, 0.3) is 0 Å². The molecule has 0 spiro atoms. The predicted molar refractivity (Wildman–Crippen MR) is 78.9 cm³/mol. The molecule has 5 heteroatoms. The van der Waals surface area contributed by atoms with Gasteiger partial charge in [-0.1, -0.05) is 11.6 Å². The third-order valence-corrected chi connectivity index (χ3v) is 5.28. The van der Waals surface area contributed by atoms with Crippen LogP contribution in [0.1, 0.15) is 19.3 Å². The van der Waals surface area contributed by atoms with Crippen molar-refractivity contribution in [3.05, 3.63) is 29.3 Å². The van der Waals surface area contributed by atoms with E-state index in [4.69, 9.17) is 17.3 Å². The average Bonchev–Trinajstić information content (AvgIpc) is 2.35. The van der Waals surface area contributed by atoms with E-state index in [9.17, 15) is 4.79 Å². The lowest BCUT2D eigenvalue weighted by Gasteiger charge is -2.72. The highest BCUT2D eigenvalue weighted by molar-refractivity contribution is 6.30. The van der Waals surface area contributed by atoms with Crippen LogP contribution in [0.5, 0.6) is 0 Å². The van der Waals surface area contributed by atoms with Crippen molar-refractivity contribution in [3.63, 3.8) is 0 Å². The summed E-state index contributed by atoms with van der Waals surface area (Å²) in [7, 11) is 0. The fourth-order valence-electron chi connectivity index (χ4n) is 4.14. The third-order valence-electron chi connectivity index (χ3n) is 5.03. The minimum absolute atomic E-state index is 0.0492. The molecule has 1 saturated heterocycles. The monoisotopic (exact) mass is 291 g/mol. The summed E-state index contributed by atoms with van der Waals surface area (Å²) in [5, 5.41) is 0.723. The van der Waals surface area contributed by atoms with Gasteiger partial charge in [-0.25, -0.2) is 0 Å². The number of hydrogen-bond acceptors (Lipinski definition) is 3. The van der Waals surface area contributed by atoms with Crippen LogP contribution in [0.2, 0.25) is 5.02 Å². The lowest BCUT2D eigenvalue weighted by atomic mass is 9.44. The highest BCUT2D eigenvalue weighted by Gasteiger charge is 2.69. The Balaban J connectivity index is 1.46. The first-order chi connectivity index (χ1) is 9.50. The van der Waals surface area contributed by atoms with E-state index in [1.807, 2.05) is 24.3 Å². The molecule has 1 aromatic carbocycles. The first-order valence-corrected chi connectivity index (χ1v) is 7.48. The smallest absolute Gasteiger partial charge is 0.242 e. The first-order valence-electron chi connectivity index (χ1n) is 7.10. The lowest BCUT2D eigenvalue weighted by Crippen LogP contribution is -2.84. The van der Waals surface area contributed by atoms with E-state index < -0.39 is 0 Å². The molecule has 0 unspecified atom stereocenters. The van der Waals surface area contributed by atoms with E-state index in [1.54, 1.807) is 0 Å². The Bertz CT molecular complexity index is 551. The van der Waals surface area contributed by atoms with Crippen LogP contribution in [0.25, 0.3) is 0 Å². The number of hydrogen-bond donors (Lipinski definition) is 1. The number of benzene rings is 1. The number of carbonyl (C=O) groups excluding carboxylic acids is 1. The maximum Gasteiger partial charge on any atom is 0.242 e. The molecule has 1 heterocycles. The van der Waals surface area contributed by atoms with Gasteiger partial charge in [-0.3, -0.25) is 4.79 Å². The zero-order valence-corrected chi connectivity index (χ0v) is 12.1. The Kier molecular flexibility index (Phi) is 2.43. The summed E-state index contributed by atoms with van der Waals surface area (Å²) in [6, 6.07) is 7.68. The quantitative estimate of drug-likeness (QED) is 0.901. The van der Waals surface area contributed by atoms with Crippen molar-refractivity contribution < 1.29 is 4.79 Å². The number of nitrogens with two attached hydrogens (primary N) is 1. The molecule has 4 aliphatic rings. The first kappa shape index (κ1) is 12.5. The van der Waals surface area contributed by atoms with E-state index in [0.717, 1.165) is 43.1 Å². The van der Waals surface area contributed by atoms with Crippen LogP contribution in [0, 0.1) is 0 Å². The van der Waals surface area contributed by atoms with E-state index in [0.29, 0.717) is 6.54 Å². The number of piperazine rings is 1. The highest BCUT2D eigenvalue weighted by Crippen LogP contribution is 2.62. The molecule has 2 N–H and O–H groups in total. The Hall–Kier alpha value is -1.26. The zero-order valence-electron chi connectivity index (χ0n) is 11.3. The van der Waals surface area contributed by atoms with E-state index >= 15 is 0 Å². The molecule has 1 amide bonds. The molecular formula is C15H18ClN3O. The van der Waals surface area contributed by atoms with Crippen LogP contribution in [0.3, 0.4) is 0 Å². The van der Waals surface area contributed by atoms with Crippen molar-refractivity contribution in [2.45, 2.75) is 30.3 Å². The van der Waals surface area contributed by atoms with Gasteiger partial charge < -0.3 is 15.5 Å². The second-order valence-electron chi connectivity index (χ2n) is 6.56. The van der Waals surface area contributed by atoms with E-state index in [1.165, 1.54) is 0 Å². The largest absolute Gasteiger partial charge is 0.360 e. The Morgan fingerprint density at radius 2 is 1.75 bits per heavy atom. The van der Waals surface area contributed by atoms with Crippen LogP contribution in [0.4, 0.5) is 5.69 Å². The maximum absolute atomic E-state index is 12.4. The van der Waals surface area contributed by atoms with Crippen molar-refractivity contribution in [1.29, 1.82) is 0 Å². The molecule has 20 heavy (non-hydrogen) atoms. The molecule has 3 saturated carbocycles. The standard InChI is InChI=1S/C15H18ClN3O/c16-11-1-3-12(4-2-11)18-5-6-19(13(20)7-18)15-8-14(17,9-15)10-15/h1-4H,5-10,17H2. The van der Waals surface area contributed by atoms with Gasteiger partial charge in [0.15, 0.2) is 0 Å². The number of anilines is 1. The van der Waals surface area contributed by atoms with Crippen molar-refractivity contribution in [2.75, 3.05) is 24.5 Å². The molecule has 1 aromatic rings. The normalized spacial score (nSPS) is 35.6. The maximum atomic E-state index is 12.4. The van der Waals surface area contributed by atoms with Gasteiger partial charge in [0.05, 0.1) is 6.54 Å². The lowest BCUT2D eigenvalue weighted by molar-refractivity contribution is -0.180. The molecule has 2 bridgehead atoms. The highest BCUT2D eigenvalue weighted by atomic mass is 35.5. The molecule has 1 aliphatic heterocycles. The summed E-state index contributed by atoms with van der Waals surface area (Å²) in [4.78, 5) is 16.6. The van der Waals surface area contributed by atoms with Crippen molar-refractivity contribution in [2.24, 2.45) is 5.73 Å². The average molecular weight is 292 g/mol. The Labute approximate surface area is 123 Å². The Morgan fingerprint density at radius 1 is 1.10 bits per heavy atom. The molecular weight excluding hydrogens is 274 g/mol. The Morgan fingerprint density at radius 3 is 2.30 bits per heavy atom. The summed E-state index contributed by atoms with van der Waals surface area (Å²) >= 11 is 5.90. The fourth-order valence-corrected chi connectivity index (χ4v) is 4.27. The molecule has 5 rings (SSSR count). The minimum Gasteiger partial charge on any atom is -0.360 e. The van der Waals surface area contributed by atoms with Crippen molar-refractivity contribution >= 4 is 23.2 Å². The van der Waals surface area contributed by atoms with Crippen molar-refractivity contribution in [1.82, 2.24) is 4.90 Å². The SMILES string of the molecule is NC12CC(N3CCN(c4ccc(Cl)cc4)CC3=O)(C1)C2. The minimum atomic E-state index is 0.0492. The molecule has 0 atom stereocenters. The van der Waals surface area contributed by atoms with Gasteiger partial charge in [0, 0.05) is 34.9 Å². The number of amides is 1. The van der Waals surface area contributed by atoms with Gasteiger partial charge in [-0.05, 0) is 43.5 Å². The predicted octanol–water partition coefficient (Wildman–Crippen LogP) is 1.62. The molecule has 4 nitrogen and oxygen atoms in total. The molecule has 106 valence electrons. The zero-order chi connectivity index (χ0) is 14.0. The van der Waals surface area contributed by atoms with Gasteiger partial charge in [-0.2, -0.15) is 0 Å². The number of nitrogens with zero attached hydrogens (tertiary/aromatic N) is 2. The van der Waals surface area contributed by atoms with Crippen LogP contribution in [-0.2, 0) is 4.79 Å². The van der Waals surface area contributed by atoms with Crippen LogP contribution in [-0.4, -0.2) is 41.5 Å². The van der Waals surface area contributed by atoms with Gasteiger partial charge in [0.2, 0.25) is 5.91 Å². The summed E-state index contributed by atoms with van der Waals surface area (Å²) in [6.07, 6.45) is 2.98. The molecule has 0 aromatic heterocycles. The van der Waals surface area contributed by atoms with Crippen molar-refractivity contribution in [3.8, 4) is 0 Å². The molecule has 4 fully saturated rings. The second kappa shape index (κ2) is 3.89. The summed E-state index contributed by atoms with van der Waals surface area (Å²) in [5.41, 5.74) is 7.32. The number of carbonyl (C=O) groups is 1. The fraction of sp³-hybridized carbons (Fsp3) is 0.533. The van der Waals surface area contributed by atoms with Gasteiger partial charge >= 0.3 is 0 Å². The third kappa shape index (κ3) is 1.68. The summed E-state index contributed by atoms with van der Waals surface area (Å²) < 4.78 is 0. The topological polar surface area (TPSA) is 49.6 Å². The van der Waals surface area contributed by atoms with Crippen LogP contribution >= 0.6 is 11.6 Å². The second-order valence-corrected chi connectivity index (χ2v) is 7.00. The number of rotatable bonds is 2. The summed E-state index contributed by atoms with van der Waals surface area (Å²) in [6.45, 7) is 2.14. The van der Waals surface area contributed by atoms with Gasteiger partial charge in [-0.15, -0.1) is 0 Å². The van der Waals surface area contributed by atoms with Gasteiger partial charge in [0.1, 0.15) is 0 Å². The number of halogens is 1. The van der Waals surface area contributed by atoms with Crippen LogP contribution < -0.4 is 10.6 Å². The van der Waals surface area contributed by atoms with E-state index in [2.05, 4.69) is 9.80 Å². The molecule has 0 radical (unpaired) electrons. The summed E-state index contributed by atoms with van der Waals surface area (Å²) in [5.74, 6) is 0.230.